The minimum absolute atomic E-state index is 0.239. The van der Waals surface area contributed by atoms with Gasteiger partial charge in [-0.25, -0.2) is 9.18 Å². The van der Waals surface area contributed by atoms with Gasteiger partial charge in [-0.05, 0) is 48.2 Å². The lowest BCUT2D eigenvalue weighted by atomic mass is 10.1. The van der Waals surface area contributed by atoms with Crippen molar-refractivity contribution < 1.29 is 13.4 Å². The van der Waals surface area contributed by atoms with Gasteiger partial charge in [0.1, 0.15) is 5.82 Å². The van der Waals surface area contributed by atoms with Gasteiger partial charge in [0.2, 0.25) is 0 Å². The number of aryl methyl sites for hydroxylation is 1. The Morgan fingerprint density at radius 2 is 1.83 bits per heavy atom. The number of hydrogen-bond acceptors (Lipinski definition) is 2. The Kier molecular flexibility index (Phi) is 6.93. The van der Waals surface area contributed by atoms with E-state index in [1.807, 2.05) is 18.2 Å². The third kappa shape index (κ3) is 6.12. The van der Waals surface area contributed by atoms with E-state index in [1.165, 1.54) is 12.1 Å². The minimum atomic E-state index is -0.996. The molecule has 0 aromatic heterocycles. The molecule has 0 spiro atoms. The maximum absolute atomic E-state index is 13.0. The second-order valence-electron chi connectivity index (χ2n) is 5.44. The molecule has 0 radical (unpaired) electrons. The van der Waals surface area contributed by atoms with Crippen LogP contribution in [0.15, 0.2) is 53.4 Å². The highest BCUT2D eigenvalue weighted by molar-refractivity contribution is 7.84. The number of carbonyl (C=O) groups excluding carboxylic acids is 1. The van der Waals surface area contributed by atoms with Crippen molar-refractivity contribution in [1.29, 1.82) is 0 Å². The SMILES string of the molecule is C[S@@](=O)c1ccc(CNC(=O)NCCCc2cccc(F)c2)cc1. The zero-order valence-electron chi connectivity index (χ0n) is 13.5. The Hall–Kier alpha value is -2.21. The number of nitrogens with one attached hydrogen (secondary N) is 2. The zero-order valence-corrected chi connectivity index (χ0v) is 14.4. The van der Waals surface area contributed by atoms with Gasteiger partial charge < -0.3 is 10.6 Å². The van der Waals surface area contributed by atoms with Crippen LogP contribution in [0.2, 0.25) is 0 Å². The first-order chi connectivity index (χ1) is 11.5. The number of carbonyl (C=O) groups is 1. The van der Waals surface area contributed by atoms with Crippen LogP contribution in [0, 0.1) is 5.82 Å². The van der Waals surface area contributed by atoms with Crippen LogP contribution in [-0.2, 0) is 23.8 Å². The summed E-state index contributed by atoms with van der Waals surface area (Å²) in [6.45, 7) is 0.933. The second kappa shape index (κ2) is 9.17. The van der Waals surface area contributed by atoms with E-state index in [9.17, 15) is 13.4 Å². The van der Waals surface area contributed by atoms with Crippen LogP contribution in [0.25, 0.3) is 0 Å². The van der Waals surface area contributed by atoms with Gasteiger partial charge >= 0.3 is 6.03 Å². The maximum Gasteiger partial charge on any atom is 0.315 e. The summed E-state index contributed by atoms with van der Waals surface area (Å²) in [6.07, 6.45) is 3.09. The maximum atomic E-state index is 13.0. The predicted octanol–water partition coefficient (Wildman–Crippen LogP) is 3.00. The second-order valence-corrected chi connectivity index (χ2v) is 6.82. The van der Waals surface area contributed by atoms with Gasteiger partial charge in [-0.15, -0.1) is 0 Å². The zero-order chi connectivity index (χ0) is 17.4. The molecule has 2 amide bonds. The highest BCUT2D eigenvalue weighted by atomic mass is 32.2. The van der Waals surface area contributed by atoms with Crippen molar-refractivity contribution in [3.63, 3.8) is 0 Å². The van der Waals surface area contributed by atoms with Gasteiger partial charge in [-0.3, -0.25) is 4.21 Å². The lowest BCUT2D eigenvalue weighted by Gasteiger charge is -2.08. The molecule has 2 aromatic rings. The van der Waals surface area contributed by atoms with Crippen molar-refractivity contribution in [2.75, 3.05) is 12.8 Å². The van der Waals surface area contributed by atoms with Gasteiger partial charge in [-0.1, -0.05) is 24.3 Å². The Morgan fingerprint density at radius 3 is 2.50 bits per heavy atom. The largest absolute Gasteiger partial charge is 0.338 e. The molecule has 0 aliphatic heterocycles. The molecule has 2 N–H and O–H groups in total. The quantitative estimate of drug-likeness (QED) is 0.756. The molecule has 0 aliphatic rings. The molecule has 0 heterocycles. The fourth-order valence-electron chi connectivity index (χ4n) is 2.23. The van der Waals surface area contributed by atoms with Gasteiger partial charge in [0.05, 0.1) is 0 Å². The van der Waals surface area contributed by atoms with Crippen LogP contribution in [0.3, 0.4) is 0 Å². The average Bonchev–Trinajstić information content (AvgIpc) is 2.57. The first-order valence-electron chi connectivity index (χ1n) is 7.73. The van der Waals surface area contributed by atoms with E-state index in [0.29, 0.717) is 19.5 Å². The van der Waals surface area contributed by atoms with Crippen LogP contribution < -0.4 is 10.6 Å². The highest BCUT2D eigenvalue weighted by Crippen LogP contribution is 2.07. The molecule has 0 fully saturated rings. The van der Waals surface area contributed by atoms with E-state index in [0.717, 1.165) is 22.4 Å². The van der Waals surface area contributed by atoms with Crippen LogP contribution in [0.5, 0.6) is 0 Å². The van der Waals surface area contributed by atoms with Crippen molar-refractivity contribution in [3.8, 4) is 0 Å². The summed E-state index contributed by atoms with van der Waals surface area (Å²) in [5.41, 5.74) is 1.87. The smallest absolute Gasteiger partial charge is 0.315 e. The molecule has 0 unspecified atom stereocenters. The molecular weight excluding hydrogens is 327 g/mol. The van der Waals surface area contributed by atoms with E-state index in [1.54, 1.807) is 24.5 Å². The molecule has 128 valence electrons. The summed E-state index contributed by atoms with van der Waals surface area (Å²) in [4.78, 5) is 12.5. The number of rotatable bonds is 7. The molecule has 0 saturated carbocycles. The number of halogens is 1. The van der Waals surface area contributed by atoms with Crippen LogP contribution >= 0.6 is 0 Å². The Balaban J connectivity index is 1.65. The first-order valence-corrected chi connectivity index (χ1v) is 9.29. The van der Waals surface area contributed by atoms with E-state index < -0.39 is 10.8 Å². The Morgan fingerprint density at radius 1 is 1.08 bits per heavy atom. The lowest BCUT2D eigenvalue weighted by molar-refractivity contribution is 0.240. The van der Waals surface area contributed by atoms with E-state index in [2.05, 4.69) is 10.6 Å². The van der Waals surface area contributed by atoms with Crippen molar-refractivity contribution in [1.82, 2.24) is 10.6 Å². The fourth-order valence-corrected chi connectivity index (χ4v) is 2.75. The van der Waals surface area contributed by atoms with Gasteiger partial charge in [0.25, 0.3) is 0 Å². The first kappa shape index (κ1) is 18.1. The summed E-state index contributed by atoms with van der Waals surface area (Å²) >= 11 is 0. The van der Waals surface area contributed by atoms with Crippen molar-refractivity contribution in [2.45, 2.75) is 24.3 Å². The highest BCUT2D eigenvalue weighted by Gasteiger charge is 2.02. The molecule has 0 saturated heterocycles. The summed E-state index contributed by atoms with van der Waals surface area (Å²) in [5.74, 6) is -0.240. The van der Waals surface area contributed by atoms with E-state index in [-0.39, 0.29) is 11.8 Å². The van der Waals surface area contributed by atoms with Gasteiger partial charge in [-0.2, -0.15) is 0 Å². The van der Waals surface area contributed by atoms with Crippen LogP contribution in [0.4, 0.5) is 9.18 Å². The molecule has 6 heteroatoms. The molecule has 2 aromatic carbocycles. The van der Waals surface area contributed by atoms with Crippen molar-refractivity contribution >= 4 is 16.8 Å². The summed E-state index contributed by atoms with van der Waals surface area (Å²) < 4.78 is 24.3. The molecular formula is C18H21FN2O2S. The monoisotopic (exact) mass is 348 g/mol. The predicted molar refractivity (Wildman–Crippen MR) is 93.7 cm³/mol. The van der Waals surface area contributed by atoms with Crippen LogP contribution in [0.1, 0.15) is 17.5 Å². The molecule has 4 nitrogen and oxygen atoms in total. The third-order valence-corrected chi connectivity index (χ3v) is 4.46. The average molecular weight is 348 g/mol. The number of hydrogen-bond donors (Lipinski definition) is 2. The topological polar surface area (TPSA) is 58.2 Å². The molecule has 0 bridgehead atoms. The normalized spacial score (nSPS) is 11.8. The summed E-state index contributed by atoms with van der Waals surface area (Å²) in [5, 5.41) is 5.54. The standard InChI is InChI=1S/C18H21FN2O2S/c1-24(23)17-9-7-15(8-10-17)13-21-18(22)20-11-3-5-14-4-2-6-16(19)12-14/h2,4,6-10,12H,3,5,11,13H2,1H3,(H2,20,21,22)/t24-/m1/s1. The molecule has 2 rings (SSSR count). The third-order valence-electron chi connectivity index (χ3n) is 3.53. The minimum Gasteiger partial charge on any atom is -0.338 e. The van der Waals surface area contributed by atoms with Crippen LogP contribution in [-0.4, -0.2) is 23.0 Å². The number of benzene rings is 2. The molecule has 24 heavy (non-hydrogen) atoms. The van der Waals surface area contributed by atoms with E-state index >= 15 is 0 Å². The number of amides is 2. The van der Waals surface area contributed by atoms with E-state index in [4.69, 9.17) is 0 Å². The molecule has 1 atom stereocenters. The summed E-state index contributed by atoms with van der Waals surface area (Å²) in [6, 6.07) is 13.5. The molecule has 0 aliphatic carbocycles. The Bertz CT molecular complexity index is 704. The number of urea groups is 1. The van der Waals surface area contributed by atoms with Crippen molar-refractivity contribution in [2.24, 2.45) is 0 Å². The van der Waals surface area contributed by atoms with Crippen molar-refractivity contribution in [3.05, 3.63) is 65.5 Å². The van der Waals surface area contributed by atoms with Gasteiger partial charge in [0, 0.05) is 35.0 Å². The fraction of sp³-hybridized carbons (Fsp3) is 0.278. The Labute approximate surface area is 143 Å². The lowest BCUT2D eigenvalue weighted by Crippen LogP contribution is -2.35. The van der Waals surface area contributed by atoms with Gasteiger partial charge in [0.15, 0.2) is 0 Å². The summed E-state index contributed by atoms with van der Waals surface area (Å²) in [7, 11) is -0.996.